The Hall–Kier alpha value is 0.880. The Balaban J connectivity index is 2.94. The zero-order valence-corrected chi connectivity index (χ0v) is 13.6. The average molecular weight is 403 g/mol. The Bertz CT molecular complexity index is 320. The fraction of sp³-hybridized carbons (Fsp3) is 0.400. The highest BCUT2D eigenvalue weighted by Gasteiger charge is 2.05. The molecule has 0 aliphatic rings. The third-order valence-electron chi connectivity index (χ3n) is 1.89. The Labute approximate surface area is 114 Å². The van der Waals surface area contributed by atoms with Crippen LogP contribution < -0.4 is 0 Å². The molecule has 0 radical (unpaired) electrons. The number of hydrogen-bond acceptors (Lipinski definition) is 1. The second-order valence-corrected chi connectivity index (χ2v) is 7.09. The lowest BCUT2D eigenvalue weighted by Gasteiger charge is -2.06. The molecule has 4 heteroatoms. The molecule has 1 aromatic rings. The number of rotatable bonds is 3. The van der Waals surface area contributed by atoms with Crippen LogP contribution in [0.25, 0.3) is 6.08 Å². The SMILES string of the molecule is CC(C)C(=Cc1cc(Br)c(Br)s1)CBr. The summed E-state index contributed by atoms with van der Waals surface area (Å²) in [5.74, 6) is 0.592. The van der Waals surface area contributed by atoms with Gasteiger partial charge < -0.3 is 0 Å². The fourth-order valence-corrected chi connectivity index (χ4v) is 3.85. The molecule has 0 fully saturated rings. The lowest BCUT2D eigenvalue weighted by Crippen LogP contribution is -1.93. The number of halogens is 3. The minimum atomic E-state index is 0.592. The van der Waals surface area contributed by atoms with Crippen molar-refractivity contribution in [2.75, 3.05) is 5.33 Å². The zero-order chi connectivity index (χ0) is 10.7. The highest BCUT2D eigenvalue weighted by Crippen LogP contribution is 2.34. The smallest absolute Gasteiger partial charge is 0.0846 e. The molecular formula is C10H11Br3S. The van der Waals surface area contributed by atoms with Crippen molar-refractivity contribution < 1.29 is 0 Å². The van der Waals surface area contributed by atoms with Gasteiger partial charge in [0.05, 0.1) is 3.79 Å². The topological polar surface area (TPSA) is 0 Å². The first-order valence-corrected chi connectivity index (χ1v) is 7.78. The second-order valence-electron chi connectivity index (χ2n) is 3.28. The minimum Gasteiger partial charge on any atom is -0.128 e. The van der Waals surface area contributed by atoms with Crippen LogP contribution in [0.3, 0.4) is 0 Å². The highest BCUT2D eigenvalue weighted by atomic mass is 79.9. The van der Waals surface area contributed by atoms with E-state index in [1.54, 1.807) is 11.3 Å². The van der Waals surface area contributed by atoms with E-state index in [9.17, 15) is 0 Å². The van der Waals surface area contributed by atoms with Gasteiger partial charge in [0.25, 0.3) is 0 Å². The van der Waals surface area contributed by atoms with Gasteiger partial charge in [0.1, 0.15) is 0 Å². The Kier molecular flexibility index (Phi) is 5.39. The molecule has 1 aromatic heterocycles. The van der Waals surface area contributed by atoms with Crippen LogP contribution in [0.5, 0.6) is 0 Å². The summed E-state index contributed by atoms with van der Waals surface area (Å²) in [5.41, 5.74) is 1.42. The second kappa shape index (κ2) is 5.83. The minimum absolute atomic E-state index is 0.592. The normalized spacial score (nSPS) is 12.6. The van der Waals surface area contributed by atoms with E-state index in [2.05, 4.69) is 73.8 Å². The van der Waals surface area contributed by atoms with E-state index in [0.29, 0.717) is 5.92 Å². The summed E-state index contributed by atoms with van der Waals surface area (Å²) in [6.45, 7) is 4.43. The summed E-state index contributed by atoms with van der Waals surface area (Å²) in [5, 5.41) is 0.942. The van der Waals surface area contributed by atoms with Crippen LogP contribution in [0.4, 0.5) is 0 Å². The van der Waals surface area contributed by atoms with Gasteiger partial charge >= 0.3 is 0 Å². The number of hydrogen-bond donors (Lipinski definition) is 0. The van der Waals surface area contributed by atoms with Crippen molar-refractivity contribution in [3.8, 4) is 0 Å². The van der Waals surface area contributed by atoms with E-state index in [0.717, 1.165) is 13.6 Å². The number of alkyl halides is 1. The van der Waals surface area contributed by atoms with E-state index in [4.69, 9.17) is 0 Å². The molecule has 0 unspecified atom stereocenters. The van der Waals surface area contributed by atoms with Gasteiger partial charge in [-0.2, -0.15) is 0 Å². The summed E-state index contributed by atoms with van der Waals surface area (Å²) in [6, 6.07) is 2.14. The Morgan fingerprint density at radius 3 is 2.50 bits per heavy atom. The van der Waals surface area contributed by atoms with Crippen molar-refractivity contribution in [2.24, 2.45) is 5.92 Å². The molecule has 0 amide bonds. The zero-order valence-electron chi connectivity index (χ0n) is 7.98. The molecule has 1 rings (SSSR count). The number of allylic oxidation sites excluding steroid dienone is 1. The van der Waals surface area contributed by atoms with Gasteiger partial charge in [-0.05, 0) is 49.9 Å². The molecule has 0 saturated carbocycles. The van der Waals surface area contributed by atoms with Crippen molar-refractivity contribution in [1.82, 2.24) is 0 Å². The Morgan fingerprint density at radius 1 is 1.50 bits per heavy atom. The largest absolute Gasteiger partial charge is 0.128 e. The van der Waals surface area contributed by atoms with Gasteiger partial charge in [0.15, 0.2) is 0 Å². The van der Waals surface area contributed by atoms with Crippen LogP contribution in [-0.4, -0.2) is 5.33 Å². The molecule has 0 aromatic carbocycles. The monoisotopic (exact) mass is 400 g/mol. The van der Waals surface area contributed by atoms with Crippen LogP contribution in [0.2, 0.25) is 0 Å². The van der Waals surface area contributed by atoms with Crippen LogP contribution in [-0.2, 0) is 0 Å². The predicted molar refractivity (Wildman–Crippen MR) is 76.3 cm³/mol. The molecule has 0 spiro atoms. The molecule has 0 N–H and O–H groups in total. The molecule has 0 nitrogen and oxygen atoms in total. The van der Waals surface area contributed by atoms with Crippen molar-refractivity contribution in [3.63, 3.8) is 0 Å². The molecule has 78 valence electrons. The summed E-state index contributed by atoms with van der Waals surface area (Å²) in [7, 11) is 0. The first-order valence-electron chi connectivity index (χ1n) is 4.26. The lowest BCUT2D eigenvalue weighted by atomic mass is 10.1. The van der Waals surface area contributed by atoms with Crippen molar-refractivity contribution >= 4 is 65.2 Å². The van der Waals surface area contributed by atoms with Gasteiger partial charge in [0, 0.05) is 14.7 Å². The third kappa shape index (κ3) is 3.47. The molecule has 0 aliphatic heterocycles. The van der Waals surface area contributed by atoms with Gasteiger partial charge in [-0.25, -0.2) is 0 Å². The maximum absolute atomic E-state index is 3.51. The molecule has 1 heterocycles. The molecule has 0 bridgehead atoms. The van der Waals surface area contributed by atoms with Gasteiger partial charge in [-0.3, -0.25) is 0 Å². The molecule has 0 saturated heterocycles. The van der Waals surface area contributed by atoms with E-state index in [1.807, 2.05) is 0 Å². The fourth-order valence-electron chi connectivity index (χ4n) is 0.977. The van der Waals surface area contributed by atoms with Crippen LogP contribution in [0, 0.1) is 5.92 Å². The van der Waals surface area contributed by atoms with E-state index >= 15 is 0 Å². The summed E-state index contributed by atoms with van der Waals surface area (Å²) < 4.78 is 2.29. The van der Waals surface area contributed by atoms with E-state index in [-0.39, 0.29) is 0 Å². The summed E-state index contributed by atoms with van der Waals surface area (Å²) in [6.07, 6.45) is 2.25. The predicted octanol–water partition coefficient (Wildman–Crippen LogP) is 5.71. The lowest BCUT2D eigenvalue weighted by molar-refractivity contribution is 0.781. The van der Waals surface area contributed by atoms with E-state index in [1.165, 1.54) is 10.5 Å². The van der Waals surface area contributed by atoms with Crippen molar-refractivity contribution in [2.45, 2.75) is 13.8 Å². The molecular weight excluding hydrogens is 392 g/mol. The average Bonchev–Trinajstić information content (AvgIpc) is 2.41. The van der Waals surface area contributed by atoms with Gasteiger partial charge in [0.2, 0.25) is 0 Å². The molecule has 0 aliphatic carbocycles. The molecule has 0 atom stereocenters. The number of thiophene rings is 1. The van der Waals surface area contributed by atoms with Crippen LogP contribution in [0.1, 0.15) is 18.7 Å². The van der Waals surface area contributed by atoms with Crippen LogP contribution in [0.15, 0.2) is 19.9 Å². The summed E-state index contributed by atoms with van der Waals surface area (Å²) in [4.78, 5) is 1.28. The first kappa shape index (κ1) is 12.9. The van der Waals surface area contributed by atoms with Crippen molar-refractivity contribution in [3.05, 3.63) is 24.8 Å². The van der Waals surface area contributed by atoms with Gasteiger partial charge in [-0.15, -0.1) is 11.3 Å². The van der Waals surface area contributed by atoms with Gasteiger partial charge in [-0.1, -0.05) is 35.4 Å². The first-order chi connectivity index (χ1) is 6.54. The van der Waals surface area contributed by atoms with Crippen molar-refractivity contribution in [1.29, 1.82) is 0 Å². The maximum Gasteiger partial charge on any atom is 0.0846 e. The summed E-state index contributed by atoms with van der Waals surface area (Å²) >= 11 is 12.2. The highest BCUT2D eigenvalue weighted by molar-refractivity contribution is 9.13. The maximum atomic E-state index is 3.51. The standard InChI is InChI=1S/C10H11Br3S/c1-6(2)7(5-11)3-8-4-9(12)10(13)14-8/h3-4,6H,5H2,1-2H3. The third-order valence-corrected chi connectivity index (χ3v) is 5.74. The quantitative estimate of drug-likeness (QED) is 0.568. The molecule has 14 heavy (non-hydrogen) atoms. The van der Waals surface area contributed by atoms with Crippen LogP contribution >= 0.6 is 59.1 Å². The van der Waals surface area contributed by atoms with E-state index < -0.39 is 0 Å². The Morgan fingerprint density at radius 2 is 2.14 bits per heavy atom.